The Morgan fingerprint density at radius 3 is 2.89 bits per heavy atom. The number of ketones is 1. The SMILES string of the molecule is CCCn1ncc(OC)c1C(=O)c1ccccn1. The molecule has 0 aliphatic carbocycles. The molecule has 0 N–H and O–H groups in total. The van der Waals surface area contributed by atoms with E-state index in [-0.39, 0.29) is 5.78 Å². The zero-order chi connectivity index (χ0) is 13.0. The predicted octanol–water partition coefficient (Wildman–Crippen LogP) is 1.93. The number of rotatable bonds is 5. The van der Waals surface area contributed by atoms with Gasteiger partial charge in [-0.15, -0.1) is 0 Å². The number of aromatic nitrogens is 3. The van der Waals surface area contributed by atoms with Crippen LogP contribution in [0, 0.1) is 0 Å². The van der Waals surface area contributed by atoms with Gasteiger partial charge in [-0.05, 0) is 18.6 Å². The lowest BCUT2D eigenvalue weighted by molar-refractivity contribution is 0.102. The van der Waals surface area contributed by atoms with E-state index < -0.39 is 0 Å². The topological polar surface area (TPSA) is 57.0 Å². The van der Waals surface area contributed by atoms with Gasteiger partial charge in [0, 0.05) is 12.7 Å². The number of nitrogens with zero attached hydrogens (tertiary/aromatic N) is 3. The van der Waals surface area contributed by atoms with Gasteiger partial charge in [0.15, 0.2) is 11.4 Å². The highest BCUT2D eigenvalue weighted by atomic mass is 16.5. The van der Waals surface area contributed by atoms with Gasteiger partial charge >= 0.3 is 0 Å². The van der Waals surface area contributed by atoms with E-state index in [1.807, 2.05) is 6.92 Å². The minimum atomic E-state index is -0.168. The van der Waals surface area contributed by atoms with Crippen molar-refractivity contribution in [1.82, 2.24) is 14.8 Å². The van der Waals surface area contributed by atoms with Gasteiger partial charge in [-0.25, -0.2) is 0 Å². The van der Waals surface area contributed by atoms with Gasteiger partial charge in [0.1, 0.15) is 5.69 Å². The first-order chi connectivity index (χ1) is 8.77. The fourth-order valence-corrected chi connectivity index (χ4v) is 1.75. The summed E-state index contributed by atoms with van der Waals surface area (Å²) in [5, 5.41) is 4.17. The van der Waals surface area contributed by atoms with Gasteiger partial charge in [-0.1, -0.05) is 13.0 Å². The summed E-state index contributed by atoms with van der Waals surface area (Å²) in [6, 6.07) is 5.25. The molecule has 5 nitrogen and oxygen atoms in total. The monoisotopic (exact) mass is 245 g/mol. The Kier molecular flexibility index (Phi) is 3.72. The summed E-state index contributed by atoms with van der Waals surface area (Å²) in [5.74, 6) is 0.317. The second-order valence-electron chi connectivity index (χ2n) is 3.83. The van der Waals surface area contributed by atoms with Crippen LogP contribution in [0.4, 0.5) is 0 Å². The molecule has 18 heavy (non-hydrogen) atoms. The second kappa shape index (κ2) is 5.44. The first-order valence-corrected chi connectivity index (χ1v) is 5.83. The number of aryl methyl sites for hydroxylation is 1. The maximum absolute atomic E-state index is 12.4. The Bertz CT molecular complexity index is 534. The van der Waals surface area contributed by atoms with Gasteiger partial charge in [-0.3, -0.25) is 14.5 Å². The zero-order valence-electron chi connectivity index (χ0n) is 10.5. The van der Waals surface area contributed by atoms with E-state index >= 15 is 0 Å². The van der Waals surface area contributed by atoms with E-state index in [2.05, 4.69) is 10.1 Å². The van der Waals surface area contributed by atoms with E-state index in [1.165, 1.54) is 7.11 Å². The minimum absolute atomic E-state index is 0.168. The molecule has 0 unspecified atom stereocenters. The lowest BCUT2D eigenvalue weighted by atomic mass is 10.2. The van der Waals surface area contributed by atoms with E-state index in [1.54, 1.807) is 35.3 Å². The van der Waals surface area contributed by atoms with Crippen molar-refractivity contribution in [3.8, 4) is 5.75 Å². The summed E-state index contributed by atoms with van der Waals surface area (Å²) in [7, 11) is 1.53. The van der Waals surface area contributed by atoms with Crippen molar-refractivity contribution < 1.29 is 9.53 Å². The quantitative estimate of drug-likeness (QED) is 0.755. The molecule has 0 radical (unpaired) electrons. The Hall–Kier alpha value is -2.17. The fraction of sp³-hybridized carbons (Fsp3) is 0.308. The second-order valence-corrected chi connectivity index (χ2v) is 3.83. The third-order valence-electron chi connectivity index (χ3n) is 2.57. The van der Waals surface area contributed by atoms with Crippen LogP contribution in [0.1, 0.15) is 29.5 Å². The smallest absolute Gasteiger partial charge is 0.233 e. The lowest BCUT2D eigenvalue weighted by Gasteiger charge is -2.06. The lowest BCUT2D eigenvalue weighted by Crippen LogP contribution is -2.13. The van der Waals surface area contributed by atoms with Crippen LogP contribution in [0.2, 0.25) is 0 Å². The van der Waals surface area contributed by atoms with Crippen LogP contribution in [0.5, 0.6) is 5.75 Å². The van der Waals surface area contributed by atoms with E-state index in [4.69, 9.17) is 4.74 Å². The summed E-state index contributed by atoms with van der Waals surface area (Å²) in [6.45, 7) is 2.71. The molecule has 2 heterocycles. The van der Waals surface area contributed by atoms with Crippen molar-refractivity contribution in [1.29, 1.82) is 0 Å². The first kappa shape index (κ1) is 12.3. The molecule has 2 rings (SSSR count). The van der Waals surface area contributed by atoms with E-state index in [0.717, 1.165) is 6.42 Å². The molecular formula is C13H15N3O2. The molecule has 0 aliphatic rings. The van der Waals surface area contributed by atoms with Crippen LogP contribution in [0.15, 0.2) is 30.6 Å². The number of pyridine rings is 1. The Balaban J connectivity index is 2.43. The average Bonchev–Trinajstić information content (AvgIpc) is 2.82. The van der Waals surface area contributed by atoms with Crippen LogP contribution < -0.4 is 4.74 Å². The number of methoxy groups -OCH3 is 1. The van der Waals surface area contributed by atoms with Gasteiger partial charge in [0.05, 0.1) is 13.3 Å². The van der Waals surface area contributed by atoms with Crippen molar-refractivity contribution in [2.45, 2.75) is 19.9 Å². The fourth-order valence-electron chi connectivity index (χ4n) is 1.75. The molecule has 0 aliphatic heterocycles. The summed E-state index contributed by atoms with van der Waals surface area (Å²) in [6.07, 6.45) is 4.05. The number of ether oxygens (including phenoxy) is 1. The molecule has 0 spiro atoms. The normalized spacial score (nSPS) is 10.3. The molecule has 94 valence electrons. The summed E-state index contributed by atoms with van der Waals surface area (Å²) >= 11 is 0. The molecule has 5 heteroatoms. The highest BCUT2D eigenvalue weighted by molar-refractivity contribution is 6.08. The third-order valence-corrected chi connectivity index (χ3v) is 2.57. The average molecular weight is 245 g/mol. The van der Waals surface area contributed by atoms with Crippen LogP contribution >= 0.6 is 0 Å². The molecule has 0 saturated heterocycles. The first-order valence-electron chi connectivity index (χ1n) is 5.83. The molecular weight excluding hydrogens is 230 g/mol. The van der Waals surface area contributed by atoms with Crippen molar-refractivity contribution in [2.75, 3.05) is 7.11 Å². The Labute approximate surface area is 105 Å². The molecule has 0 saturated carbocycles. The molecule has 0 amide bonds. The molecule has 0 fully saturated rings. The number of hydrogen-bond acceptors (Lipinski definition) is 4. The van der Waals surface area contributed by atoms with E-state index in [9.17, 15) is 4.79 Å². The summed E-state index contributed by atoms with van der Waals surface area (Å²) < 4.78 is 6.85. The Morgan fingerprint density at radius 2 is 2.28 bits per heavy atom. The number of hydrogen-bond donors (Lipinski definition) is 0. The highest BCUT2D eigenvalue weighted by Gasteiger charge is 2.21. The van der Waals surface area contributed by atoms with Crippen molar-refractivity contribution in [3.05, 3.63) is 42.0 Å². The van der Waals surface area contributed by atoms with Crippen LogP contribution in [-0.2, 0) is 6.54 Å². The number of carbonyl (C=O) groups excluding carboxylic acids is 1. The minimum Gasteiger partial charge on any atom is -0.493 e. The standard InChI is InChI=1S/C13H15N3O2/c1-3-8-16-12(11(18-2)9-15-16)13(17)10-6-4-5-7-14-10/h4-7,9H,3,8H2,1-2H3. The largest absolute Gasteiger partial charge is 0.493 e. The van der Waals surface area contributed by atoms with Gasteiger partial charge < -0.3 is 4.74 Å². The van der Waals surface area contributed by atoms with Gasteiger partial charge in [0.2, 0.25) is 5.78 Å². The molecule has 0 bridgehead atoms. The molecule has 2 aromatic heterocycles. The summed E-state index contributed by atoms with van der Waals surface area (Å²) in [5.41, 5.74) is 0.853. The maximum atomic E-state index is 12.4. The highest BCUT2D eigenvalue weighted by Crippen LogP contribution is 2.20. The van der Waals surface area contributed by atoms with Gasteiger partial charge in [0.25, 0.3) is 0 Å². The maximum Gasteiger partial charge on any atom is 0.233 e. The zero-order valence-corrected chi connectivity index (χ0v) is 10.5. The molecule has 0 aromatic carbocycles. The third kappa shape index (κ3) is 2.25. The van der Waals surface area contributed by atoms with Crippen molar-refractivity contribution in [3.63, 3.8) is 0 Å². The van der Waals surface area contributed by atoms with Crippen LogP contribution in [-0.4, -0.2) is 27.7 Å². The van der Waals surface area contributed by atoms with Crippen molar-refractivity contribution in [2.24, 2.45) is 0 Å². The Morgan fingerprint density at radius 1 is 1.44 bits per heavy atom. The predicted molar refractivity (Wildman–Crippen MR) is 66.7 cm³/mol. The molecule has 2 aromatic rings. The number of carbonyl (C=O) groups is 1. The van der Waals surface area contributed by atoms with Crippen LogP contribution in [0.25, 0.3) is 0 Å². The van der Waals surface area contributed by atoms with E-state index in [0.29, 0.717) is 23.7 Å². The van der Waals surface area contributed by atoms with Crippen molar-refractivity contribution >= 4 is 5.78 Å². The summed E-state index contributed by atoms with van der Waals surface area (Å²) in [4.78, 5) is 16.4. The molecule has 0 atom stereocenters. The van der Waals surface area contributed by atoms with Gasteiger partial charge in [-0.2, -0.15) is 5.10 Å². The van der Waals surface area contributed by atoms with Crippen LogP contribution in [0.3, 0.4) is 0 Å².